The van der Waals surface area contributed by atoms with E-state index >= 15 is 0 Å². The van der Waals surface area contributed by atoms with E-state index in [1.54, 1.807) is 0 Å². The molecule has 0 aliphatic carbocycles. The van der Waals surface area contributed by atoms with Crippen molar-refractivity contribution in [2.75, 3.05) is 13.2 Å². The van der Waals surface area contributed by atoms with Gasteiger partial charge in [0.15, 0.2) is 6.10 Å². The normalized spacial score (nSPS) is 13.3. The van der Waals surface area contributed by atoms with Crippen molar-refractivity contribution in [3.63, 3.8) is 0 Å². The average Bonchev–Trinajstić information content (AvgIpc) is 3.23. The second kappa shape index (κ2) is 46.2. The van der Waals surface area contributed by atoms with Crippen LogP contribution in [0.15, 0.2) is 134 Å². The van der Waals surface area contributed by atoms with Crippen molar-refractivity contribution < 1.29 is 28.6 Å². The fraction of sp³-hybridized carbons (Fsp3) is 0.528. The largest absolute Gasteiger partial charge is 0.462 e. The molecule has 0 N–H and O–H groups in total. The molecule has 0 aliphatic rings. The first-order valence-electron chi connectivity index (χ1n) is 22.7. The quantitative estimate of drug-likeness (QED) is 0.0267. The molecule has 0 aliphatic heterocycles. The molecule has 0 heterocycles. The van der Waals surface area contributed by atoms with Crippen molar-refractivity contribution in [3.05, 3.63) is 134 Å². The Hall–Kier alpha value is -4.45. The van der Waals surface area contributed by atoms with E-state index in [0.29, 0.717) is 19.3 Å². The summed E-state index contributed by atoms with van der Waals surface area (Å²) in [6, 6.07) is 0. The predicted octanol–water partition coefficient (Wildman–Crippen LogP) is 14.7. The van der Waals surface area contributed by atoms with Gasteiger partial charge in [-0.1, -0.05) is 174 Å². The van der Waals surface area contributed by atoms with E-state index < -0.39 is 12.1 Å². The Bertz CT molecular complexity index is 1350. The van der Waals surface area contributed by atoms with Crippen molar-refractivity contribution in [1.82, 2.24) is 0 Å². The molecule has 1 unspecified atom stereocenters. The summed E-state index contributed by atoms with van der Waals surface area (Å²) in [6.07, 6.45) is 64.6. The third kappa shape index (κ3) is 44.5. The SMILES string of the molecule is CC/C=C\C/C=C\C/C=C\C/C=C\CCC(=O)OCC(COC(=O)CCCCCCC/C=C\C/C=C\C/C=C\CC)OC(=O)CC/C=C\C/C=C\C/C=C\C/C=C\CC. The monoisotopic (exact) mass is 813 g/mol. The summed E-state index contributed by atoms with van der Waals surface area (Å²) >= 11 is 0. The van der Waals surface area contributed by atoms with Crippen molar-refractivity contribution in [3.8, 4) is 0 Å². The van der Waals surface area contributed by atoms with Crippen LogP contribution in [0.1, 0.15) is 162 Å². The molecule has 1 atom stereocenters. The molecule has 0 aromatic rings. The molecule has 6 heteroatoms. The summed E-state index contributed by atoms with van der Waals surface area (Å²) in [5, 5.41) is 0. The lowest BCUT2D eigenvalue weighted by Gasteiger charge is -2.18. The maximum Gasteiger partial charge on any atom is 0.306 e. The van der Waals surface area contributed by atoms with E-state index in [1.807, 2.05) is 24.3 Å². The Labute approximate surface area is 360 Å². The number of unbranched alkanes of at least 4 members (excludes halogenated alkanes) is 5. The van der Waals surface area contributed by atoms with Gasteiger partial charge in [-0.15, -0.1) is 0 Å². The molecule has 6 nitrogen and oxygen atoms in total. The predicted molar refractivity (Wildman–Crippen MR) is 251 cm³/mol. The van der Waals surface area contributed by atoms with Crippen LogP contribution in [0, 0.1) is 0 Å². The lowest BCUT2D eigenvalue weighted by molar-refractivity contribution is -0.166. The minimum Gasteiger partial charge on any atom is -0.462 e. The highest BCUT2D eigenvalue weighted by Crippen LogP contribution is 2.10. The van der Waals surface area contributed by atoms with Gasteiger partial charge in [-0.25, -0.2) is 0 Å². The summed E-state index contributed by atoms with van der Waals surface area (Å²) in [5.74, 6) is -1.14. The average molecular weight is 813 g/mol. The number of ether oxygens (including phenoxy) is 3. The maximum atomic E-state index is 12.7. The lowest BCUT2D eigenvalue weighted by Crippen LogP contribution is -2.30. The third-order valence-electron chi connectivity index (χ3n) is 8.66. The van der Waals surface area contributed by atoms with E-state index in [9.17, 15) is 14.4 Å². The highest BCUT2D eigenvalue weighted by molar-refractivity contribution is 5.71. The Morgan fingerprint density at radius 2 is 0.644 bits per heavy atom. The van der Waals surface area contributed by atoms with Crippen LogP contribution in [-0.4, -0.2) is 37.2 Å². The smallest absolute Gasteiger partial charge is 0.306 e. The van der Waals surface area contributed by atoms with Gasteiger partial charge in [0.25, 0.3) is 0 Å². The minimum atomic E-state index is -0.855. The van der Waals surface area contributed by atoms with Crippen LogP contribution in [0.5, 0.6) is 0 Å². The van der Waals surface area contributed by atoms with Gasteiger partial charge in [0.2, 0.25) is 0 Å². The molecule has 0 saturated heterocycles. The zero-order chi connectivity index (χ0) is 43.0. The number of hydrogen-bond donors (Lipinski definition) is 0. The second-order valence-corrected chi connectivity index (χ2v) is 14.2. The van der Waals surface area contributed by atoms with Gasteiger partial charge in [0.05, 0.1) is 0 Å². The Morgan fingerprint density at radius 3 is 1.05 bits per heavy atom. The number of hydrogen-bond acceptors (Lipinski definition) is 6. The number of esters is 3. The maximum absolute atomic E-state index is 12.7. The van der Waals surface area contributed by atoms with Crippen LogP contribution in [0.3, 0.4) is 0 Å². The van der Waals surface area contributed by atoms with Crippen LogP contribution in [0.4, 0.5) is 0 Å². The summed E-state index contributed by atoms with van der Waals surface area (Å²) in [6.45, 7) is 6.11. The van der Waals surface area contributed by atoms with Gasteiger partial charge >= 0.3 is 17.9 Å². The van der Waals surface area contributed by atoms with E-state index in [2.05, 4.69) is 130 Å². The third-order valence-corrected chi connectivity index (χ3v) is 8.66. The molecular formula is C53H80O6. The molecule has 0 spiro atoms. The zero-order valence-corrected chi connectivity index (χ0v) is 37.2. The second-order valence-electron chi connectivity index (χ2n) is 14.2. The van der Waals surface area contributed by atoms with Crippen LogP contribution in [0.25, 0.3) is 0 Å². The molecule has 59 heavy (non-hydrogen) atoms. The molecule has 0 amide bonds. The van der Waals surface area contributed by atoms with Crippen molar-refractivity contribution in [2.45, 2.75) is 168 Å². The molecular weight excluding hydrogens is 733 g/mol. The van der Waals surface area contributed by atoms with Crippen LogP contribution in [-0.2, 0) is 28.6 Å². The van der Waals surface area contributed by atoms with E-state index in [-0.39, 0.29) is 38.0 Å². The van der Waals surface area contributed by atoms with Gasteiger partial charge in [0.1, 0.15) is 13.2 Å². The fourth-order valence-electron chi connectivity index (χ4n) is 5.36. The summed E-state index contributed by atoms with van der Waals surface area (Å²) < 4.78 is 16.5. The minimum absolute atomic E-state index is 0.143. The molecule has 0 saturated carbocycles. The topological polar surface area (TPSA) is 78.9 Å². The number of carbonyl (C=O) groups is 3. The van der Waals surface area contributed by atoms with Crippen molar-refractivity contribution in [1.29, 1.82) is 0 Å². The Balaban J connectivity index is 4.63. The van der Waals surface area contributed by atoms with E-state index in [0.717, 1.165) is 109 Å². The van der Waals surface area contributed by atoms with E-state index in [1.165, 1.54) is 0 Å². The summed E-state index contributed by atoms with van der Waals surface area (Å²) in [4.78, 5) is 37.7. The highest BCUT2D eigenvalue weighted by atomic mass is 16.6. The van der Waals surface area contributed by atoms with Crippen molar-refractivity contribution >= 4 is 17.9 Å². The molecule has 0 rings (SSSR count). The number of rotatable bonds is 38. The molecule has 328 valence electrons. The number of carbonyl (C=O) groups excluding carboxylic acids is 3. The fourth-order valence-corrected chi connectivity index (χ4v) is 5.36. The molecule has 0 radical (unpaired) electrons. The van der Waals surface area contributed by atoms with Crippen molar-refractivity contribution in [2.24, 2.45) is 0 Å². The Morgan fingerprint density at radius 1 is 0.339 bits per heavy atom. The molecule has 0 aromatic heterocycles. The molecule has 0 bridgehead atoms. The van der Waals surface area contributed by atoms with Crippen LogP contribution < -0.4 is 0 Å². The van der Waals surface area contributed by atoms with E-state index in [4.69, 9.17) is 14.2 Å². The standard InChI is InChI=1S/C53H80O6/c1-4-7-10-13-16-19-22-25-26-29-31-34-37-40-43-46-52(55)58-49-50(59-53(56)47-44-41-38-35-32-28-24-21-18-15-12-9-6-3)48-57-51(54)45-42-39-36-33-30-27-23-20-17-14-11-8-5-2/h7-12,16-21,25-28,30,32,36,38-39,41,50H,4-6,13-15,22-24,29,31,33-35,37,40,42-49H2,1-3H3/b10-7-,11-8-,12-9-,19-16-,20-17-,21-18-,26-25-,30-27-,32-28-,39-36-,41-38-. The zero-order valence-electron chi connectivity index (χ0n) is 37.2. The molecule has 0 fully saturated rings. The van der Waals surface area contributed by atoms with Gasteiger partial charge in [-0.3, -0.25) is 14.4 Å². The first-order valence-corrected chi connectivity index (χ1v) is 22.7. The van der Waals surface area contributed by atoms with Crippen LogP contribution >= 0.6 is 0 Å². The Kier molecular flexibility index (Phi) is 42.8. The molecule has 0 aromatic carbocycles. The van der Waals surface area contributed by atoms with Gasteiger partial charge < -0.3 is 14.2 Å². The van der Waals surface area contributed by atoms with Gasteiger partial charge in [-0.2, -0.15) is 0 Å². The lowest BCUT2D eigenvalue weighted by atomic mass is 10.1. The number of allylic oxidation sites excluding steroid dienone is 22. The van der Waals surface area contributed by atoms with Gasteiger partial charge in [-0.05, 0) is 103 Å². The first-order chi connectivity index (χ1) is 29.0. The summed E-state index contributed by atoms with van der Waals surface area (Å²) in [5.41, 5.74) is 0. The summed E-state index contributed by atoms with van der Waals surface area (Å²) in [7, 11) is 0. The first kappa shape index (κ1) is 54.6. The highest BCUT2D eigenvalue weighted by Gasteiger charge is 2.19. The van der Waals surface area contributed by atoms with Gasteiger partial charge in [0, 0.05) is 19.3 Å². The van der Waals surface area contributed by atoms with Crippen LogP contribution in [0.2, 0.25) is 0 Å².